The quantitative estimate of drug-likeness (QED) is 0.318. The fourth-order valence-corrected chi connectivity index (χ4v) is 3.77. The molecule has 3 rings (SSSR count). The van der Waals surface area contributed by atoms with Crippen molar-refractivity contribution in [3.63, 3.8) is 0 Å². The largest absolute Gasteiger partial charge is 0.445 e. The maximum absolute atomic E-state index is 12.7. The number of hydrogen-bond acceptors (Lipinski definition) is 5. The highest BCUT2D eigenvalue weighted by molar-refractivity contribution is 5.68. The molecule has 0 spiro atoms. The minimum atomic E-state index is -0.453. The van der Waals surface area contributed by atoms with Crippen LogP contribution in [0.2, 0.25) is 0 Å². The first-order valence-corrected chi connectivity index (χ1v) is 10.8. The van der Waals surface area contributed by atoms with Gasteiger partial charge >= 0.3 is 6.09 Å². The van der Waals surface area contributed by atoms with E-state index in [0.29, 0.717) is 12.1 Å². The van der Waals surface area contributed by atoms with Crippen molar-refractivity contribution in [2.24, 2.45) is 0 Å². The number of carbonyl (C=O) groups excluding carboxylic acids is 1. The highest BCUT2D eigenvalue weighted by Crippen LogP contribution is 2.19. The van der Waals surface area contributed by atoms with Crippen LogP contribution in [0.25, 0.3) is 6.08 Å². The molecule has 32 heavy (non-hydrogen) atoms. The lowest BCUT2D eigenvalue weighted by molar-refractivity contribution is -0.384. The number of rotatable bonds is 9. The summed E-state index contributed by atoms with van der Waals surface area (Å²) in [6.07, 6.45) is 7.38. The second-order valence-corrected chi connectivity index (χ2v) is 7.76. The lowest BCUT2D eigenvalue weighted by Crippen LogP contribution is -2.47. The molecule has 0 N–H and O–H groups in total. The molecule has 0 aromatic heterocycles. The molecule has 7 nitrogen and oxygen atoms in total. The summed E-state index contributed by atoms with van der Waals surface area (Å²) in [6, 6.07) is 16.4. The summed E-state index contributed by atoms with van der Waals surface area (Å²) in [7, 11) is 0. The Labute approximate surface area is 188 Å². The van der Waals surface area contributed by atoms with Gasteiger partial charge in [0, 0.05) is 44.4 Å². The molecule has 0 unspecified atom stereocenters. The van der Waals surface area contributed by atoms with Crippen molar-refractivity contribution in [1.82, 2.24) is 9.80 Å². The summed E-state index contributed by atoms with van der Waals surface area (Å²) in [6.45, 7) is 6.98. The van der Waals surface area contributed by atoms with Gasteiger partial charge < -0.3 is 9.64 Å². The molecule has 1 saturated heterocycles. The van der Waals surface area contributed by atoms with E-state index in [1.165, 1.54) is 17.7 Å². The molecule has 1 heterocycles. The second kappa shape index (κ2) is 11.8. The van der Waals surface area contributed by atoms with Gasteiger partial charge in [-0.25, -0.2) is 4.79 Å². The fraction of sp³-hybridized carbons (Fsp3) is 0.320. The molecular formula is C25H29N3O4. The standard InChI is InChI=1S/C25H29N3O4/c1-2-16-27(25(29)32-20-22-10-12-24(13-11-22)28(30)31)23-14-18-26(19-15-23)17-6-9-21-7-4-3-5-8-21/h2-13,23H,1,14-20H2/b9-6+. The Balaban J connectivity index is 1.47. The zero-order valence-electron chi connectivity index (χ0n) is 18.1. The highest BCUT2D eigenvalue weighted by atomic mass is 16.6. The van der Waals surface area contributed by atoms with Crippen LogP contribution >= 0.6 is 0 Å². The van der Waals surface area contributed by atoms with E-state index >= 15 is 0 Å². The van der Waals surface area contributed by atoms with Crippen LogP contribution in [0, 0.1) is 10.1 Å². The summed E-state index contributed by atoms with van der Waals surface area (Å²) in [4.78, 5) is 27.1. The van der Waals surface area contributed by atoms with E-state index in [0.717, 1.165) is 32.5 Å². The van der Waals surface area contributed by atoms with E-state index in [4.69, 9.17) is 4.74 Å². The van der Waals surface area contributed by atoms with Crippen molar-refractivity contribution in [3.8, 4) is 0 Å². The Hall–Kier alpha value is -3.45. The number of piperidine rings is 1. The van der Waals surface area contributed by atoms with Crippen molar-refractivity contribution < 1.29 is 14.5 Å². The van der Waals surface area contributed by atoms with Crippen LogP contribution in [0.5, 0.6) is 0 Å². The number of hydrogen-bond donors (Lipinski definition) is 0. The van der Waals surface area contributed by atoms with Gasteiger partial charge in [-0.15, -0.1) is 6.58 Å². The number of ether oxygens (including phenoxy) is 1. The van der Waals surface area contributed by atoms with E-state index in [-0.39, 0.29) is 24.4 Å². The Bertz CT molecular complexity index is 920. The molecule has 0 bridgehead atoms. The molecule has 0 atom stereocenters. The van der Waals surface area contributed by atoms with Crippen LogP contribution in [0.3, 0.4) is 0 Å². The maximum atomic E-state index is 12.7. The van der Waals surface area contributed by atoms with Gasteiger partial charge in [-0.05, 0) is 36.1 Å². The molecule has 0 aliphatic carbocycles. The van der Waals surface area contributed by atoms with E-state index in [1.54, 1.807) is 23.1 Å². The molecule has 0 saturated carbocycles. The number of benzene rings is 2. The van der Waals surface area contributed by atoms with Gasteiger partial charge in [0.1, 0.15) is 6.61 Å². The van der Waals surface area contributed by atoms with Crippen LogP contribution in [0.1, 0.15) is 24.0 Å². The van der Waals surface area contributed by atoms with Gasteiger partial charge in [0.15, 0.2) is 0 Å². The first-order valence-electron chi connectivity index (χ1n) is 10.8. The van der Waals surface area contributed by atoms with Crippen molar-refractivity contribution >= 4 is 17.9 Å². The SMILES string of the molecule is C=CCN(C(=O)OCc1ccc([N+](=O)[O-])cc1)C1CCN(C/C=C/c2ccccc2)CC1. The number of non-ortho nitro benzene ring substituents is 1. The maximum Gasteiger partial charge on any atom is 0.410 e. The molecule has 1 amide bonds. The molecule has 168 valence electrons. The minimum Gasteiger partial charge on any atom is -0.445 e. The lowest BCUT2D eigenvalue weighted by Gasteiger charge is -2.37. The predicted octanol–water partition coefficient (Wildman–Crippen LogP) is 4.90. The summed E-state index contributed by atoms with van der Waals surface area (Å²) >= 11 is 0. The van der Waals surface area contributed by atoms with Crippen LogP contribution in [0.4, 0.5) is 10.5 Å². The monoisotopic (exact) mass is 435 g/mol. The predicted molar refractivity (Wildman–Crippen MR) is 125 cm³/mol. The molecule has 2 aromatic rings. The van der Waals surface area contributed by atoms with Gasteiger partial charge in [-0.1, -0.05) is 48.6 Å². The molecule has 1 aliphatic heterocycles. The molecule has 1 fully saturated rings. The normalized spacial score (nSPS) is 14.9. The van der Waals surface area contributed by atoms with Crippen LogP contribution in [-0.2, 0) is 11.3 Å². The molecule has 0 radical (unpaired) electrons. The van der Waals surface area contributed by atoms with E-state index in [1.807, 2.05) is 18.2 Å². The zero-order valence-corrected chi connectivity index (χ0v) is 18.1. The topological polar surface area (TPSA) is 75.9 Å². The first-order chi connectivity index (χ1) is 15.6. The summed E-state index contributed by atoms with van der Waals surface area (Å²) < 4.78 is 5.48. The Kier molecular flexibility index (Phi) is 8.57. The highest BCUT2D eigenvalue weighted by Gasteiger charge is 2.28. The summed E-state index contributed by atoms with van der Waals surface area (Å²) in [5.74, 6) is 0. The van der Waals surface area contributed by atoms with Gasteiger partial charge in [-0.2, -0.15) is 0 Å². The third-order valence-corrected chi connectivity index (χ3v) is 5.54. The minimum absolute atomic E-state index is 0.0127. The number of amides is 1. The van der Waals surface area contributed by atoms with Crippen molar-refractivity contribution in [2.75, 3.05) is 26.2 Å². The summed E-state index contributed by atoms with van der Waals surface area (Å²) in [5.41, 5.74) is 1.91. The Morgan fingerprint density at radius 1 is 1.16 bits per heavy atom. The Morgan fingerprint density at radius 3 is 2.47 bits per heavy atom. The van der Waals surface area contributed by atoms with Gasteiger partial charge in [-0.3, -0.25) is 15.0 Å². The van der Waals surface area contributed by atoms with Crippen LogP contribution < -0.4 is 0 Å². The fourth-order valence-electron chi connectivity index (χ4n) is 3.77. The number of nitro groups is 1. The van der Waals surface area contributed by atoms with Crippen LogP contribution in [0.15, 0.2) is 73.3 Å². The first kappa shape index (κ1) is 23.2. The average Bonchev–Trinajstić information content (AvgIpc) is 2.82. The van der Waals surface area contributed by atoms with Crippen LogP contribution in [-0.4, -0.2) is 53.0 Å². The van der Waals surface area contributed by atoms with Gasteiger partial charge in [0.2, 0.25) is 0 Å². The van der Waals surface area contributed by atoms with Crippen molar-refractivity contribution in [2.45, 2.75) is 25.5 Å². The van der Waals surface area contributed by atoms with Crippen molar-refractivity contribution in [3.05, 3.63) is 94.6 Å². The smallest absolute Gasteiger partial charge is 0.410 e. The number of carbonyl (C=O) groups is 1. The van der Waals surface area contributed by atoms with E-state index in [9.17, 15) is 14.9 Å². The molecule has 2 aromatic carbocycles. The lowest BCUT2D eigenvalue weighted by atomic mass is 10.0. The van der Waals surface area contributed by atoms with Gasteiger partial charge in [0.25, 0.3) is 5.69 Å². The van der Waals surface area contributed by atoms with E-state index < -0.39 is 4.92 Å². The van der Waals surface area contributed by atoms with E-state index in [2.05, 4.69) is 35.8 Å². The van der Waals surface area contributed by atoms with Gasteiger partial charge in [0.05, 0.1) is 4.92 Å². The second-order valence-electron chi connectivity index (χ2n) is 7.76. The summed E-state index contributed by atoms with van der Waals surface area (Å²) in [5, 5.41) is 10.8. The Morgan fingerprint density at radius 2 is 1.84 bits per heavy atom. The zero-order chi connectivity index (χ0) is 22.8. The average molecular weight is 436 g/mol. The number of nitrogens with zero attached hydrogens (tertiary/aromatic N) is 3. The number of nitro benzene ring substituents is 1. The van der Waals surface area contributed by atoms with Crippen molar-refractivity contribution in [1.29, 1.82) is 0 Å². The molecular weight excluding hydrogens is 406 g/mol. The number of likely N-dealkylation sites (tertiary alicyclic amines) is 1. The molecule has 7 heteroatoms. The third kappa shape index (κ3) is 6.78. The third-order valence-electron chi connectivity index (χ3n) is 5.54. The molecule has 1 aliphatic rings.